The topological polar surface area (TPSA) is 3.24 Å². The Morgan fingerprint density at radius 2 is 0.678 bits per heavy atom. The van der Waals surface area contributed by atoms with Crippen molar-refractivity contribution in [2.75, 3.05) is 4.90 Å². The second-order valence-electron chi connectivity index (χ2n) is 16.8. The van der Waals surface area contributed by atoms with Crippen molar-refractivity contribution < 1.29 is 0 Å². The van der Waals surface area contributed by atoms with Crippen LogP contribution >= 0.6 is 0 Å². The molecule has 9 aromatic carbocycles. The Morgan fingerprint density at radius 3 is 1.27 bits per heavy atom. The Bertz CT molecular complexity index is 3090. The zero-order valence-electron chi connectivity index (χ0n) is 33.2. The first-order valence-electron chi connectivity index (χ1n) is 20.8. The van der Waals surface area contributed by atoms with E-state index in [1.165, 1.54) is 89.0 Å². The van der Waals surface area contributed by atoms with Crippen molar-refractivity contribution in [1.82, 2.24) is 0 Å². The monoisotopic (exact) mass is 751 g/mol. The van der Waals surface area contributed by atoms with Crippen LogP contribution in [0.5, 0.6) is 0 Å². The summed E-state index contributed by atoms with van der Waals surface area (Å²) in [5, 5.41) is 0. The van der Waals surface area contributed by atoms with Crippen LogP contribution in [0.15, 0.2) is 212 Å². The first-order chi connectivity index (χ1) is 29.0. The van der Waals surface area contributed by atoms with Gasteiger partial charge in [0.25, 0.3) is 0 Å². The smallest absolute Gasteiger partial charge is 0.0725 e. The summed E-state index contributed by atoms with van der Waals surface area (Å²) in [6.45, 7) is 4.73. The van der Waals surface area contributed by atoms with Gasteiger partial charge in [-0.25, -0.2) is 0 Å². The maximum absolute atomic E-state index is 2.49. The highest BCUT2D eigenvalue weighted by Gasteiger charge is 2.51. The van der Waals surface area contributed by atoms with Crippen molar-refractivity contribution in [3.63, 3.8) is 0 Å². The van der Waals surface area contributed by atoms with Gasteiger partial charge in [-0.3, -0.25) is 0 Å². The lowest BCUT2D eigenvalue weighted by Gasteiger charge is -2.31. The van der Waals surface area contributed by atoms with Gasteiger partial charge in [-0.05, 0) is 131 Å². The lowest BCUT2D eigenvalue weighted by molar-refractivity contribution is 0.660. The van der Waals surface area contributed by atoms with Crippen molar-refractivity contribution in [2.45, 2.75) is 24.7 Å². The Labute approximate surface area is 346 Å². The molecule has 0 atom stereocenters. The standard InChI is InChI=1S/C58H41N/c1-57(2)51-26-10-6-22-45(51)49-33-31-44(37-55(49)57)59(42-20-14-18-39(34-42)38-16-4-3-5-17-38)43-21-15-19-40(35-43)41-30-32-50-48-25-9-13-29-54(48)58(56(50)36-41)52-27-11-7-23-46(52)47-24-8-12-28-53(47)58/h3-37H,1-2H3. The van der Waals surface area contributed by atoms with Gasteiger partial charge < -0.3 is 4.90 Å². The average Bonchev–Trinajstić information content (AvgIpc) is 3.85. The number of benzene rings is 9. The molecule has 59 heavy (non-hydrogen) atoms. The maximum atomic E-state index is 2.49. The first kappa shape index (κ1) is 33.9. The first-order valence-corrected chi connectivity index (χ1v) is 20.8. The fraction of sp³-hybridized carbons (Fsp3) is 0.0690. The Balaban J connectivity index is 1.04. The fourth-order valence-electron chi connectivity index (χ4n) is 10.8. The summed E-state index contributed by atoms with van der Waals surface area (Å²) in [4.78, 5) is 2.45. The third kappa shape index (κ3) is 4.79. The molecule has 0 aliphatic heterocycles. The molecule has 9 aromatic rings. The molecule has 0 bridgehead atoms. The van der Waals surface area contributed by atoms with Crippen molar-refractivity contribution >= 4 is 17.1 Å². The minimum absolute atomic E-state index is 0.114. The van der Waals surface area contributed by atoms with E-state index in [-0.39, 0.29) is 10.8 Å². The van der Waals surface area contributed by atoms with E-state index < -0.39 is 0 Å². The van der Waals surface area contributed by atoms with Gasteiger partial charge in [0, 0.05) is 22.5 Å². The van der Waals surface area contributed by atoms with Crippen LogP contribution < -0.4 is 4.90 Å². The Morgan fingerprint density at radius 1 is 0.271 bits per heavy atom. The third-order valence-corrected chi connectivity index (χ3v) is 13.5. The number of hydrogen-bond donors (Lipinski definition) is 0. The third-order valence-electron chi connectivity index (χ3n) is 13.5. The van der Waals surface area contributed by atoms with Gasteiger partial charge in [0.1, 0.15) is 0 Å². The molecule has 0 heterocycles. The lowest BCUT2D eigenvalue weighted by atomic mass is 9.70. The quantitative estimate of drug-likeness (QED) is 0.169. The number of hydrogen-bond acceptors (Lipinski definition) is 1. The summed E-state index contributed by atoms with van der Waals surface area (Å²) in [5.41, 5.74) is 23.8. The van der Waals surface area contributed by atoms with Crippen LogP contribution in [0.25, 0.3) is 55.6 Å². The highest BCUT2D eigenvalue weighted by molar-refractivity contribution is 5.96. The van der Waals surface area contributed by atoms with E-state index in [0.717, 1.165) is 17.1 Å². The molecule has 1 nitrogen and oxygen atoms in total. The largest absolute Gasteiger partial charge is 0.310 e. The van der Waals surface area contributed by atoms with Crippen LogP contribution in [-0.4, -0.2) is 0 Å². The Kier molecular flexibility index (Phi) is 7.26. The molecule has 0 fully saturated rings. The summed E-state index contributed by atoms with van der Waals surface area (Å²) in [6, 6.07) is 79.2. The van der Waals surface area contributed by atoms with Crippen LogP contribution in [0.3, 0.4) is 0 Å². The maximum Gasteiger partial charge on any atom is 0.0725 e. The SMILES string of the molecule is CC1(C)c2ccccc2-c2ccc(N(c3cccc(-c4ccccc4)c3)c3cccc(-c4ccc5c(c4)C4(c6ccccc6-c6ccccc64)c4ccccc4-5)c3)cc21. The predicted octanol–water partition coefficient (Wildman–Crippen LogP) is 15.1. The molecular weight excluding hydrogens is 711 g/mol. The minimum Gasteiger partial charge on any atom is -0.310 e. The molecule has 0 radical (unpaired) electrons. The molecule has 278 valence electrons. The summed E-state index contributed by atoms with van der Waals surface area (Å²) in [6.07, 6.45) is 0. The van der Waals surface area contributed by atoms with Crippen molar-refractivity contribution in [2.24, 2.45) is 0 Å². The number of nitrogens with zero attached hydrogens (tertiary/aromatic N) is 1. The summed E-state index contributed by atoms with van der Waals surface area (Å²) >= 11 is 0. The van der Waals surface area contributed by atoms with Gasteiger partial charge in [0.05, 0.1) is 5.41 Å². The number of rotatable bonds is 5. The molecule has 1 spiro atoms. The summed E-state index contributed by atoms with van der Waals surface area (Å²) in [5.74, 6) is 0. The highest BCUT2D eigenvalue weighted by atomic mass is 15.1. The zero-order chi connectivity index (χ0) is 39.3. The molecular formula is C58H41N. The van der Waals surface area contributed by atoms with Crippen molar-refractivity contribution in [3.8, 4) is 55.6 Å². The fourth-order valence-corrected chi connectivity index (χ4v) is 10.8. The molecule has 1 heteroatoms. The molecule has 0 unspecified atom stereocenters. The average molecular weight is 752 g/mol. The molecule has 12 rings (SSSR count). The van der Waals surface area contributed by atoms with Crippen LogP contribution in [0.4, 0.5) is 17.1 Å². The van der Waals surface area contributed by atoms with E-state index in [1.54, 1.807) is 0 Å². The van der Waals surface area contributed by atoms with Gasteiger partial charge in [-0.1, -0.05) is 184 Å². The molecule has 3 aliphatic rings. The molecule has 0 aromatic heterocycles. The summed E-state index contributed by atoms with van der Waals surface area (Å²) in [7, 11) is 0. The van der Waals surface area contributed by atoms with Gasteiger partial charge in [-0.2, -0.15) is 0 Å². The van der Waals surface area contributed by atoms with Crippen molar-refractivity contribution in [3.05, 3.63) is 246 Å². The highest BCUT2D eigenvalue weighted by Crippen LogP contribution is 2.63. The zero-order valence-corrected chi connectivity index (χ0v) is 33.2. The van der Waals surface area contributed by atoms with E-state index in [2.05, 4.69) is 231 Å². The second-order valence-corrected chi connectivity index (χ2v) is 16.8. The number of fused-ring (bicyclic) bond motifs is 13. The van der Waals surface area contributed by atoms with Gasteiger partial charge in [-0.15, -0.1) is 0 Å². The second kappa shape index (κ2) is 12.6. The van der Waals surface area contributed by atoms with Crippen LogP contribution in [-0.2, 0) is 10.8 Å². The van der Waals surface area contributed by atoms with E-state index in [4.69, 9.17) is 0 Å². The van der Waals surface area contributed by atoms with Crippen LogP contribution in [0.2, 0.25) is 0 Å². The number of anilines is 3. The van der Waals surface area contributed by atoms with E-state index in [0.29, 0.717) is 0 Å². The molecule has 0 amide bonds. The lowest BCUT2D eigenvalue weighted by Crippen LogP contribution is -2.25. The molecule has 3 aliphatic carbocycles. The van der Waals surface area contributed by atoms with Crippen molar-refractivity contribution in [1.29, 1.82) is 0 Å². The van der Waals surface area contributed by atoms with Crippen LogP contribution in [0, 0.1) is 0 Å². The van der Waals surface area contributed by atoms with Gasteiger partial charge in [0.2, 0.25) is 0 Å². The Hall–Kier alpha value is -7.22. The van der Waals surface area contributed by atoms with Gasteiger partial charge >= 0.3 is 0 Å². The molecule has 0 saturated carbocycles. The van der Waals surface area contributed by atoms with E-state index in [1.807, 2.05) is 0 Å². The predicted molar refractivity (Wildman–Crippen MR) is 246 cm³/mol. The summed E-state index contributed by atoms with van der Waals surface area (Å²) < 4.78 is 0. The minimum atomic E-state index is -0.383. The normalized spacial score (nSPS) is 14.2. The van der Waals surface area contributed by atoms with E-state index in [9.17, 15) is 0 Å². The van der Waals surface area contributed by atoms with E-state index >= 15 is 0 Å². The van der Waals surface area contributed by atoms with Crippen LogP contribution in [0.1, 0.15) is 47.2 Å². The molecule has 0 saturated heterocycles. The van der Waals surface area contributed by atoms with Gasteiger partial charge in [0.15, 0.2) is 0 Å². The molecule has 0 N–H and O–H groups in total.